The average molecular weight is 190 g/mol. The van der Waals surface area contributed by atoms with E-state index in [2.05, 4.69) is 32.0 Å². The van der Waals surface area contributed by atoms with Gasteiger partial charge in [0.25, 0.3) is 0 Å². The van der Waals surface area contributed by atoms with Crippen molar-refractivity contribution in [1.29, 1.82) is 5.41 Å². The molecule has 0 aromatic heterocycles. The lowest BCUT2D eigenvalue weighted by atomic mass is 10.0. The summed E-state index contributed by atoms with van der Waals surface area (Å²) in [6, 6.07) is 6.44. The van der Waals surface area contributed by atoms with Crippen LogP contribution in [-0.4, -0.2) is 24.8 Å². The van der Waals surface area contributed by atoms with Crippen molar-refractivity contribution in [3.8, 4) is 0 Å². The Balaban J connectivity index is 2.82. The molecule has 0 spiro atoms. The monoisotopic (exact) mass is 190 g/mol. The highest BCUT2D eigenvalue weighted by atomic mass is 15.1. The Labute approximate surface area is 86.1 Å². The fraction of sp³-hybridized carbons (Fsp3) is 0.417. The second-order valence-electron chi connectivity index (χ2n) is 4.01. The molecule has 0 atom stereocenters. The molecule has 76 valence electrons. The molecule has 0 aliphatic heterocycles. The van der Waals surface area contributed by atoms with Crippen LogP contribution in [-0.2, 0) is 6.42 Å². The van der Waals surface area contributed by atoms with Gasteiger partial charge < -0.3 is 4.90 Å². The van der Waals surface area contributed by atoms with Gasteiger partial charge in [-0.1, -0.05) is 29.3 Å². The number of amidine groups is 1. The highest BCUT2D eigenvalue weighted by Gasteiger charge is 2.02. The van der Waals surface area contributed by atoms with E-state index in [9.17, 15) is 0 Å². The van der Waals surface area contributed by atoms with E-state index in [4.69, 9.17) is 5.41 Å². The molecule has 0 amide bonds. The summed E-state index contributed by atoms with van der Waals surface area (Å²) >= 11 is 0. The first kappa shape index (κ1) is 10.8. The molecule has 1 rings (SSSR count). The Hall–Kier alpha value is -1.31. The minimum Gasteiger partial charge on any atom is -0.366 e. The van der Waals surface area contributed by atoms with Crippen LogP contribution in [0.25, 0.3) is 0 Å². The van der Waals surface area contributed by atoms with Crippen LogP contribution in [0.5, 0.6) is 0 Å². The molecule has 2 heteroatoms. The first-order valence-corrected chi connectivity index (χ1v) is 4.81. The number of nitrogens with zero attached hydrogens (tertiary/aromatic N) is 1. The van der Waals surface area contributed by atoms with Gasteiger partial charge in [0, 0.05) is 20.5 Å². The van der Waals surface area contributed by atoms with Gasteiger partial charge in [0.05, 0.1) is 5.84 Å². The number of hydrogen-bond donors (Lipinski definition) is 1. The van der Waals surface area contributed by atoms with Gasteiger partial charge >= 0.3 is 0 Å². The predicted octanol–water partition coefficient (Wildman–Crippen LogP) is 2.38. The van der Waals surface area contributed by atoms with Crippen molar-refractivity contribution < 1.29 is 0 Å². The van der Waals surface area contributed by atoms with E-state index in [1.165, 1.54) is 16.7 Å². The minimum absolute atomic E-state index is 0.648. The molecular formula is C12H18N2. The van der Waals surface area contributed by atoms with Crippen LogP contribution in [0, 0.1) is 19.3 Å². The predicted molar refractivity (Wildman–Crippen MR) is 61.0 cm³/mol. The smallest absolute Gasteiger partial charge is 0.0997 e. The molecule has 0 aliphatic carbocycles. The van der Waals surface area contributed by atoms with Crippen LogP contribution in [0.3, 0.4) is 0 Å². The number of benzene rings is 1. The van der Waals surface area contributed by atoms with Crippen molar-refractivity contribution in [3.63, 3.8) is 0 Å². The lowest BCUT2D eigenvalue weighted by Crippen LogP contribution is -2.22. The molecule has 0 unspecified atom stereocenters. The number of rotatable bonds is 2. The topological polar surface area (TPSA) is 27.1 Å². The fourth-order valence-corrected chi connectivity index (χ4v) is 1.52. The molecule has 0 aliphatic rings. The third kappa shape index (κ3) is 2.87. The molecule has 0 saturated heterocycles. The standard InChI is InChI=1S/C12H18N2/c1-9-5-10(2)7-11(6-9)8-12(13)14(3)4/h5-7,13H,8H2,1-4H3. The molecule has 0 radical (unpaired) electrons. The summed E-state index contributed by atoms with van der Waals surface area (Å²) in [5.74, 6) is 0.648. The maximum Gasteiger partial charge on any atom is 0.0997 e. The molecule has 2 nitrogen and oxygen atoms in total. The summed E-state index contributed by atoms with van der Waals surface area (Å²) in [4.78, 5) is 1.84. The van der Waals surface area contributed by atoms with E-state index < -0.39 is 0 Å². The lowest BCUT2D eigenvalue weighted by Gasteiger charge is -2.14. The van der Waals surface area contributed by atoms with Gasteiger partial charge in [-0.3, -0.25) is 5.41 Å². The fourth-order valence-electron chi connectivity index (χ4n) is 1.52. The number of likely N-dealkylation sites (N-methyl/N-ethyl adjacent to an activating group) is 1. The molecule has 14 heavy (non-hydrogen) atoms. The molecule has 1 N–H and O–H groups in total. The number of nitrogens with one attached hydrogen (secondary N) is 1. The summed E-state index contributed by atoms with van der Waals surface area (Å²) < 4.78 is 0. The van der Waals surface area contributed by atoms with Crippen LogP contribution in [0.15, 0.2) is 18.2 Å². The Bertz CT molecular complexity index is 320. The van der Waals surface area contributed by atoms with E-state index in [-0.39, 0.29) is 0 Å². The molecule has 0 saturated carbocycles. The van der Waals surface area contributed by atoms with E-state index >= 15 is 0 Å². The third-order valence-corrected chi connectivity index (χ3v) is 2.19. The number of hydrogen-bond acceptors (Lipinski definition) is 1. The largest absolute Gasteiger partial charge is 0.366 e. The zero-order valence-corrected chi connectivity index (χ0v) is 9.39. The summed E-state index contributed by atoms with van der Waals surface area (Å²) in [5.41, 5.74) is 3.76. The Morgan fingerprint density at radius 2 is 1.64 bits per heavy atom. The maximum atomic E-state index is 7.75. The van der Waals surface area contributed by atoms with E-state index in [1.807, 2.05) is 19.0 Å². The van der Waals surface area contributed by atoms with Gasteiger partial charge in [0.15, 0.2) is 0 Å². The van der Waals surface area contributed by atoms with Crippen LogP contribution < -0.4 is 0 Å². The maximum absolute atomic E-state index is 7.75. The summed E-state index contributed by atoms with van der Waals surface area (Å²) in [5, 5.41) is 7.75. The quantitative estimate of drug-likeness (QED) is 0.562. The molecule has 0 fully saturated rings. The van der Waals surface area contributed by atoms with E-state index in [0.29, 0.717) is 5.84 Å². The van der Waals surface area contributed by atoms with Crippen LogP contribution in [0.1, 0.15) is 16.7 Å². The first-order valence-electron chi connectivity index (χ1n) is 4.81. The van der Waals surface area contributed by atoms with Gasteiger partial charge in [0.2, 0.25) is 0 Å². The van der Waals surface area contributed by atoms with Gasteiger partial charge in [-0.2, -0.15) is 0 Å². The first-order chi connectivity index (χ1) is 6.49. The highest BCUT2D eigenvalue weighted by Crippen LogP contribution is 2.10. The van der Waals surface area contributed by atoms with E-state index in [1.54, 1.807) is 0 Å². The third-order valence-electron chi connectivity index (χ3n) is 2.19. The number of aryl methyl sites for hydroxylation is 2. The van der Waals surface area contributed by atoms with Crippen LogP contribution in [0.2, 0.25) is 0 Å². The van der Waals surface area contributed by atoms with Crippen LogP contribution in [0.4, 0.5) is 0 Å². The summed E-state index contributed by atoms with van der Waals surface area (Å²) in [6.07, 6.45) is 0.718. The van der Waals surface area contributed by atoms with Crippen molar-refractivity contribution in [2.45, 2.75) is 20.3 Å². The summed E-state index contributed by atoms with van der Waals surface area (Å²) in [6.45, 7) is 4.19. The van der Waals surface area contributed by atoms with E-state index in [0.717, 1.165) is 6.42 Å². The van der Waals surface area contributed by atoms with Gasteiger partial charge in [-0.15, -0.1) is 0 Å². The second kappa shape index (κ2) is 4.27. The molecule has 1 aromatic carbocycles. The van der Waals surface area contributed by atoms with Crippen molar-refractivity contribution >= 4 is 5.84 Å². The SMILES string of the molecule is Cc1cc(C)cc(CC(=N)N(C)C)c1. The van der Waals surface area contributed by atoms with Gasteiger partial charge in [-0.05, 0) is 19.4 Å². The zero-order chi connectivity index (χ0) is 10.7. The van der Waals surface area contributed by atoms with Crippen molar-refractivity contribution in [2.75, 3.05) is 14.1 Å². The highest BCUT2D eigenvalue weighted by molar-refractivity contribution is 5.81. The zero-order valence-electron chi connectivity index (χ0n) is 9.39. The van der Waals surface area contributed by atoms with Gasteiger partial charge in [0.1, 0.15) is 0 Å². The summed E-state index contributed by atoms with van der Waals surface area (Å²) in [7, 11) is 3.82. The Kier molecular flexibility index (Phi) is 3.28. The Morgan fingerprint density at radius 1 is 1.14 bits per heavy atom. The van der Waals surface area contributed by atoms with Crippen LogP contribution >= 0.6 is 0 Å². The van der Waals surface area contributed by atoms with Crippen molar-refractivity contribution in [3.05, 3.63) is 34.9 Å². The van der Waals surface area contributed by atoms with Gasteiger partial charge in [-0.25, -0.2) is 0 Å². The molecular weight excluding hydrogens is 172 g/mol. The van der Waals surface area contributed by atoms with Crippen molar-refractivity contribution in [2.24, 2.45) is 0 Å². The second-order valence-corrected chi connectivity index (χ2v) is 4.01. The molecule has 1 aromatic rings. The average Bonchev–Trinajstić information content (AvgIpc) is 2.01. The molecule has 0 heterocycles. The molecule has 0 bridgehead atoms. The van der Waals surface area contributed by atoms with Crippen molar-refractivity contribution in [1.82, 2.24) is 4.90 Å². The Morgan fingerprint density at radius 3 is 2.07 bits per heavy atom. The lowest BCUT2D eigenvalue weighted by molar-refractivity contribution is 0.605. The minimum atomic E-state index is 0.648. The normalized spacial score (nSPS) is 10.0.